The third kappa shape index (κ3) is 3.69. The predicted molar refractivity (Wildman–Crippen MR) is 68.0 cm³/mol. The molecule has 1 aromatic carbocycles. The highest BCUT2D eigenvalue weighted by Crippen LogP contribution is 2.30. The van der Waals surface area contributed by atoms with Crippen molar-refractivity contribution in [3.05, 3.63) is 59.7 Å². The minimum absolute atomic E-state index is 0.327. The summed E-state index contributed by atoms with van der Waals surface area (Å²) in [5, 5.41) is 0. The quantitative estimate of drug-likeness (QED) is 0.884. The Morgan fingerprint density at radius 2 is 1.86 bits per heavy atom. The van der Waals surface area contributed by atoms with Gasteiger partial charge in [0.2, 0.25) is 0 Å². The van der Waals surface area contributed by atoms with E-state index >= 15 is 0 Å². The fraction of sp³-hybridized carbons (Fsp3) is 0.214. The lowest BCUT2D eigenvalue weighted by Crippen LogP contribution is -2.35. The third-order valence-electron chi connectivity index (χ3n) is 2.93. The van der Waals surface area contributed by atoms with Gasteiger partial charge in [-0.05, 0) is 36.8 Å². The molecule has 112 valence electrons. The highest BCUT2D eigenvalue weighted by Gasteiger charge is 2.32. The summed E-state index contributed by atoms with van der Waals surface area (Å²) in [4.78, 5) is 3.87. The van der Waals surface area contributed by atoms with E-state index in [9.17, 15) is 17.6 Å². The number of rotatable bonds is 3. The number of hydrogen-bond acceptors (Lipinski definition) is 3. The van der Waals surface area contributed by atoms with E-state index in [1.54, 1.807) is 13.0 Å². The van der Waals surface area contributed by atoms with Crippen molar-refractivity contribution in [3.63, 3.8) is 0 Å². The van der Waals surface area contributed by atoms with Crippen LogP contribution in [0.15, 0.2) is 42.6 Å². The van der Waals surface area contributed by atoms with E-state index in [2.05, 4.69) is 9.72 Å². The minimum atomic E-state index is -4.78. The first kappa shape index (κ1) is 15.2. The largest absolute Gasteiger partial charge is 0.573 e. The van der Waals surface area contributed by atoms with Gasteiger partial charge in [-0.25, -0.2) is 4.39 Å². The topological polar surface area (TPSA) is 48.1 Å². The second-order valence-electron chi connectivity index (χ2n) is 4.64. The molecule has 1 atom stereocenters. The maximum absolute atomic E-state index is 12.9. The summed E-state index contributed by atoms with van der Waals surface area (Å²) in [7, 11) is 0. The van der Waals surface area contributed by atoms with Crippen LogP contribution in [0.5, 0.6) is 5.75 Å². The molecule has 2 N–H and O–H groups in total. The lowest BCUT2D eigenvalue weighted by Gasteiger charge is -2.25. The normalized spacial score (nSPS) is 14.6. The Morgan fingerprint density at radius 3 is 2.43 bits per heavy atom. The third-order valence-corrected chi connectivity index (χ3v) is 2.93. The molecule has 1 aromatic heterocycles. The van der Waals surface area contributed by atoms with Crippen LogP contribution < -0.4 is 10.5 Å². The van der Waals surface area contributed by atoms with Gasteiger partial charge in [-0.3, -0.25) is 4.98 Å². The number of hydrogen-bond donors (Lipinski definition) is 1. The molecule has 0 bridgehead atoms. The molecular formula is C14H12F4N2O. The number of pyridine rings is 1. The van der Waals surface area contributed by atoms with Gasteiger partial charge < -0.3 is 10.5 Å². The molecule has 0 saturated carbocycles. The molecular weight excluding hydrogens is 288 g/mol. The van der Waals surface area contributed by atoms with E-state index < -0.39 is 17.7 Å². The van der Waals surface area contributed by atoms with Gasteiger partial charge in [-0.2, -0.15) is 0 Å². The number of nitrogens with two attached hydrogens (primary N) is 1. The van der Waals surface area contributed by atoms with E-state index in [1.807, 2.05) is 0 Å². The summed E-state index contributed by atoms with van der Waals surface area (Å²) in [5.74, 6) is -0.900. The van der Waals surface area contributed by atoms with Crippen molar-refractivity contribution >= 4 is 0 Å². The molecule has 21 heavy (non-hydrogen) atoms. The molecule has 0 amide bonds. The summed E-state index contributed by atoms with van der Waals surface area (Å²) in [6.07, 6.45) is -3.78. The fourth-order valence-corrected chi connectivity index (χ4v) is 1.85. The van der Waals surface area contributed by atoms with Crippen LogP contribution in [0.1, 0.15) is 18.2 Å². The molecule has 2 aromatic rings. The van der Waals surface area contributed by atoms with Gasteiger partial charge in [0.1, 0.15) is 11.6 Å². The molecule has 0 spiro atoms. The Balaban J connectivity index is 2.36. The molecule has 0 aliphatic carbocycles. The number of alkyl halides is 3. The first-order chi connectivity index (χ1) is 9.68. The molecule has 2 rings (SSSR count). The molecule has 0 saturated heterocycles. The maximum Gasteiger partial charge on any atom is 0.573 e. The Morgan fingerprint density at radius 1 is 1.14 bits per heavy atom. The van der Waals surface area contributed by atoms with Crippen molar-refractivity contribution in [2.24, 2.45) is 5.73 Å². The molecule has 7 heteroatoms. The molecule has 3 nitrogen and oxygen atoms in total. The monoisotopic (exact) mass is 300 g/mol. The average molecular weight is 300 g/mol. The molecule has 0 fully saturated rings. The standard InChI is InChI=1S/C14H12F4N2O/c1-13(19,12-6-5-10(15)8-20-12)9-3-2-4-11(7-9)21-14(16,17)18/h2-8H,19H2,1H3. The second-order valence-corrected chi connectivity index (χ2v) is 4.64. The zero-order valence-electron chi connectivity index (χ0n) is 11.0. The van der Waals surface area contributed by atoms with Crippen LogP contribution in [0.4, 0.5) is 17.6 Å². The van der Waals surface area contributed by atoms with Gasteiger partial charge in [0.15, 0.2) is 0 Å². The molecule has 0 aliphatic heterocycles. The number of ether oxygens (including phenoxy) is 1. The van der Waals surface area contributed by atoms with Crippen molar-refractivity contribution in [1.29, 1.82) is 0 Å². The summed E-state index contributed by atoms with van der Waals surface area (Å²) in [6, 6.07) is 7.86. The number of nitrogens with zero attached hydrogens (tertiary/aromatic N) is 1. The van der Waals surface area contributed by atoms with Crippen molar-refractivity contribution < 1.29 is 22.3 Å². The molecule has 1 heterocycles. The van der Waals surface area contributed by atoms with Gasteiger partial charge in [0, 0.05) is 0 Å². The van der Waals surface area contributed by atoms with Crippen LogP contribution in [0.25, 0.3) is 0 Å². The van der Waals surface area contributed by atoms with Crippen LogP contribution in [0.3, 0.4) is 0 Å². The molecule has 0 radical (unpaired) electrons. The summed E-state index contributed by atoms with van der Waals surface area (Å²) >= 11 is 0. The number of aromatic nitrogens is 1. The van der Waals surface area contributed by atoms with Crippen LogP contribution in [-0.2, 0) is 5.54 Å². The Labute approximate surface area is 118 Å². The van der Waals surface area contributed by atoms with E-state index in [-0.39, 0.29) is 5.75 Å². The lowest BCUT2D eigenvalue weighted by molar-refractivity contribution is -0.274. The molecule has 0 aliphatic rings. The Bertz CT molecular complexity index is 624. The van der Waals surface area contributed by atoms with Crippen LogP contribution in [-0.4, -0.2) is 11.3 Å². The van der Waals surface area contributed by atoms with Crippen molar-refractivity contribution in [2.45, 2.75) is 18.8 Å². The second kappa shape index (κ2) is 5.33. The smallest absolute Gasteiger partial charge is 0.406 e. The van der Waals surface area contributed by atoms with Crippen LogP contribution >= 0.6 is 0 Å². The SMILES string of the molecule is CC(N)(c1cccc(OC(F)(F)F)c1)c1ccc(F)cn1. The van der Waals surface area contributed by atoms with E-state index in [1.165, 1.54) is 30.3 Å². The Hall–Kier alpha value is -2.15. The highest BCUT2D eigenvalue weighted by molar-refractivity contribution is 5.38. The fourth-order valence-electron chi connectivity index (χ4n) is 1.85. The Kier molecular flexibility index (Phi) is 3.87. The summed E-state index contributed by atoms with van der Waals surface area (Å²) in [5.41, 5.74) is 5.63. The van der Waals surface area contributed by atoms with E-state index in [0.29, 0.717) is 11.3 Å². The summed E-state index contributed by atoms with van der Waals surface area (Å²) in [6.45, 7) is 1.57. The summed E-state index contributed by atoms with van der Waals surface area (Å²) < 4.78 is 53.4. The lowest BCUT2D eigenvalue weighted by atomic mass is 9.89. The number of halogens is 4. The van der Waals surface area contributed by atoms with Crippen molar-refractivity contribution in [2.75, 3.05) is 0 Å². The average Bonchev–Trinajstić information content (AvgIpc) is 2.37. The van der Waals surface area contributed by atoms with Gasteiger partial charge in [0.05, 0.1) is 17.4 Å². The predicted octanol–water partition coefficient (Wildman–Crippen LogP) is 3.34. The van der Waals surface area contributed by atoms with Gasteiger partial charge in [-0.15, -0.1) is 13.2 Å². The molecule has 1 unspecified atom stereocenters. The zero-order chi connectivity index (χ0) is 15.7. The van der Waals surface area contributed by atoms with E-state index in [0.717, 1.165) is 6.20 Å². The highest BCUT2D eigenvalue weighted by atomic mass is 19.4. The van der Waals surface area contributed by atoms with Gasteiger partial charge in [0.25, 0.3) is 0 Å². The number of benzene rings is 1. The van der Waals surface area contributed by atoms with Gasteiger partial charge in [-0.1, -0.05) is 12.1 Å². The minimum Gasteiger partial charge on any atom is -0.406 e. The van der Waals surface area contributed by atoms with Crippen molar-refractivity contribution in [1.82, 2.24) is 4.98 Å². The van der Waals surface area contributed by atoms with Crippen molar-refractivity contribution in [3.8, 4) is 5.75 Å². The zero-order valence-corrected chi connectivity index (χ0v) is 11.0. The van der Waals surface area contributed by atoms with E-state index in [4.69, 9.17) is 5.73 Å². The van der Waals surface area contributed by atoms with Gasteiger partial charge >= 0.3 is 6.36 Å². The first-order valence-electron chi connectivity index (χ1n) is 5.96. The first-order valence-corrected chi connectivity index (χ1v) is 5.96. The van der Waals surface area contributed by atoms with Crippen LogP contribution in [0, 0.1) is 5.82 Å². The maximum atomic E-state index is 12.9. The van der Waals surface area contributed by atoms with Crippen LogP contribution in [0.2, 0.25) is 0 Å².